The van der Waals surface area contributed by atoms with Gasteiger partial charge in [0.15, 0.2) is 0 Å². The molecule has 1 unspecified atom stereocenters. The monoisotopic (exact) mass is 266 g/mol. The van der Waals surface area contributed by atoms with Gasteiger partial charge in [0.2, 0.25) is 5.91 Å². The van der Waals surface area contributed by atoms with Crippen LogP contribution in [0, 0.1) is 0 Å². The summed E-state index contributed by atoms with van der Waals surface area (Å²) in [6.07, 6.45) is 1.02. The van der Waals surface area contributed by atoms with Crippen LogP contribution in [0.4, 0.5) is 0 Å². The number of benzene rings is 1. The number of hydrogen-bond acceptors (Lipinski definition) is 4. The number of nitrogens with one attached hydrogen (secondary N) is 2. The van der Waals surface area contributed by atoms with Crippen LogP contribution in [0.5, 0.6) is 5.75 Å². The first-order valence-electron chi connectivity index (χ1n) is 6.05. The van der Waals surface area contributed by atoms with E-state index in [1.807, 2.05) is 24.3 Å². The molecule has 5 heteroatoms. The first kappa shape index (κ1) is 13.2. The van der Waals surface area contributed by atoms with Gasteiger partial charge < -0.3 is 15.4 Å². The number of rotatable bonds is 5. The molecule has 0 spiro atoms. The first-order valence-corrected chi connectivity index (χ1v) is 7.03. The van der Waals surface area contributed by atoms with Crippen LogP contribution in [0.2, 0.25) is 0 Å². The molecular formula is C13H18N2O2S. The van der Waals surface area contributed by atoms with E-state index in [2.05, 4.69) is 10.6 Å². The van der Waals surface area contributed by atoms with Crippen LogP contribution >= 0.6 is 11.8 Å². The van der Waals surface area contributed by atoms with E-state index in [1.54, 1.807) is 7.11 Å². The van der Waals surface area contributed by atoms with Crippen LogP contribution in [-0.4, -0.2) is 37.9 Å². The molecule has 1 aliphatic heterocycles. The number of methoxy groups -OCH3 is 1. The number of thioether (sulfide) groups is 1. The van der Waals surface area contributed by atoms with Gasteiger partial charge in [-0.05, 0) is 31.2 Å². The summed E-state index contributed by atoms with van der Waals surface area (Å²) in [5, 5.41) is 6.25. The quantitative estimate of drug-likeness (QED) is 0.788. The first-order chi connectivity index (χ1) is 8.78. The van der Waals surface area contributed by atoms with Crippen LogP contribution in [0.1, 0.15) is 6.42 Å². The molecule has 1 fully saturated rings. The molecule has 0 radical (unpaired) electrons. The van der Waals surface area contributed by atoms with Crippen molar-refractivity contribution in [2.24, 2.45) is 0 Å². The fourth-order valence-corrected chi connectivity index (χ4v) is 2.64. The molecule has 1 saturated heterocycles. The number of hydrogen-bond donors (Lipinski definition) is 2. The zero-order valence-corrected chi connectivity index (χ0v) is 11.3. The zero-order chi connectivity index (χ0) is 12.8. The summed E-state index contributed by atoms with van der Waals surface area (Å²) < 4.78 is 5.15. The fraction of sp³-hybridized carbons (Fsp3) is 0.462. The minimum Gasteiger partial charge on any atom is -0.497 e. The van der Waals surface area contributed by atoms with E-state index in [-0.39, 0.29) is 5.91 Å². The van der Waals surface area contributed by atoms with E-state index in [9.17, 15) is 4.79 Å². The van der Waals surface area contributed by atoms with Gasteiger partial charge in [-0.15, -0.1) is 11.8 Å². The summed E-state index contributed by atoms with van der Waals surface area (Å²) in [7, 11) is 1.64. The van der Waals surface area contributed by atoms with Crippen molar-refractivity contribution in [1.82, 2.24) is 10.6 Å². The van der Waals surface area contributed by atoms with Crippen LogP contribution in [0.3, 0.4) is 0 Å². The fourth-order valence-electron chi connectivity index (χ4n) is 1.89. The molecule has 1 atom stereocenters. The van der Waals surface area contributed by atoms with Gasteiger partial charge in [-0.2, -0.15) is 0 Å². The Labute approximate surface area is 111 Å². The van der Waals surface area contributed by atoms with E-state index >= 15 is 0 Å². The highest BCUT2D eigenvalue weighted by Gasteiger charge is 2.16. The lowest BCUT2D eigenvalue weighted by Crippen LogP contribution is -2.37. The Morgan fingerprint density at radius 3 is 3.22 bits per heavy atom. The van der Waals surface area contributed by atoms with Gasteiger partial charge in [0, 0.05) is 17.5 Å². The van der Waals surface area contributed by atoms with Crippen molar-refractivity contribution in [3.05, 3.63) is 24.3 Å². The van der Waals surface area contributed by atoms with Gasteiger partial charge in [-0.25, -0.2) is 0 Å². The van der Waals surface area contributed by atoms with Crippen molar-refractivity contribution in [2.45, 2.75) is 17.4 Å². The largest absolute Gasteiger partial charge is 0.497 e. The predicted octanol–water partition coefficient (Wildman–Crippen LogP) is 1.27. The Morgan fingerprint density at radius 2 is 2.50 bits per heavy atom. The van der Waals surface area contributed by atoms with Crippen LogP contribution in [0.15, 0.2) is 29.2 Å². The molecule has 1 aromatic carbocycles. The lowest BCUT2D eigenvalue weighted by Gasteiger charge is -2.11. The van der Waals surface area contributed by atoms with Crippen molar-refractivity contribution in [2.75, 3.05) is 26.0 Å². The molecule has 0 aromatic heterocycles. The van der Waals surface area contributed by atoms with Crippen molar-refractivity contribution in [1.29, 1.82) is 0 Å². The molecule has 1 amide bonds. The molecule has 98 valence electrons. The second-order valence-electron chi connectivity index (χ2n) is 4.22. The predicted molar refractivity (Wildman–Crippen MR) is 73.1 cm³/mol. The maximum Gasteiger partial charge on any atom is 0.230 e. The summed E-state index contributed by atoms with van der Waals surface area (Å²) in [5.41, 5.74) is 0. The summed E-state index contributed by atoms with van der Waals surface area (Å²) in [5.74, 6) is 1.36. The average molecular weight is 266 g/mol. The maximum atomic E-state index is 11.7. The van der Waals surface area contributed by atoms with Crippen LogP contribution < -0.4 is 15.4 Å². The standard InChI is InChI=1S/C13H18N2O2S/c1-17-11-3-2-4-12(7-11)18-9-13(16)15-10-5-6-14-8-10/h2-4,7,10,14H,5-6,8-9H2,1H3,(H,15,16). The second-order valence-corrected chi connectivity index (χ2v) is 5.27. The van der Waals surface area contributed by atoms with Crippen molar-refractivity contribution in [3.63, 3.8) is 0 Å². The number of ether oxygens (including phenoxy) is 1. The molecule has 1 aliphatic rings. The van der Waals surface area contributed by atoms with Crippen molar-refractivity contribution in [3.8, 4) is 5.75 Å². The van der Waals surface area contributed by atoms with Gasteiger partial charge in [0.25, 0.3) is 0 Å². The zero-order valence-electron chi connectivity index (χ0n) is 10.4. The Morgan fingerprint density at radius 1 is 1.61 bits per heavy atom. The highest BCUT2D eigenvalue weighted by Crippen LogP contribution is 2.22. The Hall–Kier alpha value is -1.20. The third kappa shape index (κ3) is 3.92. The van der Waals surface area contributed by atoms with Gasteiger partial charge in [0.1, 0.15) is 5.75 Å². The molecule has 0 bridgehead atoms. The molecule has 0 saturated carbocycles. The molecule has 1 heterocycles. The summed E-state index contributed by atoms with van der Waals surface area (Å²) >= 11 is 1.53. The Kier molecular flexibility index (Phi) is 4.90. The van der Waals surface area contributed by atoms with Gasteiger partial charge >= 0.3 is 0 Å². The van der Waals surface area contributed by atoms with E-state index in [1.165, 1.54) is 11.8 Å². The third-order valence-electron chi connectivity index (χ3n) is 2.84. The minimum absolute atomic E-state index is 0.0940. The van der Waals surface area contributed by atoms with E-state index in [0.717, 1.165) is 30.2 Å². The topological polar surface area (TPSA) is 50.4 Å². The lowest BCUT2D eigenvalue weighted by molar-refractivity contribution is -0.119. The minimum atomic E-state index is 0.0940. The lowest BCUT2D eigenvalue weighted by atomic mass is 10.3. The van der Waals surface area contributed by atoms with E-state index in [0.29, 0.717) is 11.8 Å². The van der Waals surface area contributed by atoms with Gasteiger partial charge in [-0.1, -0.05) is 6.07 Å². The Balaban J connectivity index is 1.77. The van der Waals surface area contributed by atoms with Gasteiger partial charge in [-0.3, -0.25) is 4.79 Å². The number of amides is 1. The number of carbonyl (C=O) groups excluding carboxylic acids is 1. The second kappa shape index (κ2) is 6.66. The van der Waals surface area contributed by atoms with E-state index in [4.69, 9.17) is 4.74 Å². The molecule has 0 aliphatic carbocycles. The third-order valence-corrected chi connectivity index (χ3v) is 3.83. The molecule has 2 N–H and O–H groups in total. The molecular weight excluding hydrogens is 248 g/mol. The SMILES string of the molecule is COc1cccc(SCC(=O)NC2CCNC2)c1. The molecule has 1 aromatic rings. The maximum absolute atomic E-state index is 11.7. The molecule has 18 heavy (non-hydrogen) atoms. The van der Waals surface area contributed by atoms with Crippen LogP contribution in [0.25, 0.3) is 0 Å². The number of carbonyl (C=O) groups is 1. The molecule has 4 nitrogen and oxygen atoms in total. The van der Waals surface area contributed by atoms with Crippen molar-refractivity contribution >= 4 is 17.7 Å². The van der Waals surface area contributed by atoms with Crippen molar-refractivity contribution < 1.29 is 9.53 Å². The molecule has 2 rings (SSSR count). The smallest absolute Gasteiger partial charge is 0.230 e. The highest BCUT2D eigenvalue weighted by molar-refractivity contribution is 8.00. The highest BCUT2D eigenvalue weighted by atomic mass is 32.2. The summed E-state index contributed by atoms with van der Waals surface area (Å²) in [6.45, 7) is 1.88. The van der Waals surface area contributed by atoms with E-state index < -0.39 is 0 Å². The summed E-state index contributed by atoms with van der Waals surface area (Å²) in [4.78, 5) is 12.8. The van der Waals surface area contributed by atoms with Gasteiger partial charge in [0.05, 0.1) is 12.9 Å². The normalized spacial score (nSPS) is 18.6. The Bertz CT molecular complexity index is 406. The van der Waals surface area contributed by atoms with Crippen LogP contribution in [-0.2, 0) is 4.79 Å². The summed E-state index contributed by atoms with van der Waals surface area (Å²) in [6, 6.07) is 8.05. The average Bonchev–Trinajstić information content (AvgIpc) is 2.89.